The average molecular weight is 619 g/mol. The molecule has 0 spiro atoms. The van der Waals surface area contributed by atoms with Crippen LogP contribution in [0.2, 0.25) is 0 Å². The van der Waals surface area contributed by atoms with Gasteiger partial charge in [-0.15, -0.1) is 0 Å². The summed E-state index contributed by atoms with van der Waals surface area (Å²) >= 11 is 0. The molecular weight excluding hydrogens is 586 g/mol. The first kappa shape index (κ1) is 30.6. The van der Waals surface area contributed by atoms with Gasteiger partial charge in [0.05, 0.1) is 26.1 Å². The van der Waals surface area contributed by atoms with Gasteiger partial charge < -0.3 is 29.6 Å². The summed E-state index contributed by atoms with van der Waals surface area (Å²) < 4.78 is 58.6. The van der Waals surface area contributed by atoms with Crippen LogP contribution in [0.3, 0.4) is 0 Å². The largest absolute Gasteiger partial charge is 0.476 e. The molecule has 0 radical (unpaired) electrons. The van der Waals surface area contributed by atoms with Crippen molar-refractivity contribution >= 4 is 41.6 Å². The van der Waals surface area contributed by atoms with Crippen molar-refractivity contribution in [2.45, 2.75) is 51.4 Å². The molecule has 0 bridgehead atoms. The molecule has 0 saturated carbocycles. The van der Waals surface area contributed by atoms with Gasteiger partial charge in [-0.3, -0.25) is 13.9 Å². The molecule has 14 nitrogen and oxygen atoms in total. The van der Waals surface area contributed by atoms with Crippen LogP contribution in [0.4, 0.5) is 10.3 Å². The van der Waals surface area contributed by atoms with Crippen molar-refractivity contribution in [2.75, 3.05) is 25.6 Å². The van der Waals surface area contributed by atoms with Gasteiger partial charge in [0.1, 0.15) is 24.0 Å². The maximum atomic E-state index is 15.5. The summed E-state index contributed by atoms with van der Waals surface area (Å²) in [4.78, 5) is 24.7. The van der Waals surface area contributed by atoms with E-state index in [9.17, 15) is 14.5 Å². The summed E-state index contributed by atoms with van der Waals surface area (Å²) in [5.41, 5.74) is 6.17. The van der Waals surface area contributed by atoms with E-state index < -0.39 is 51.0 Å². The Bertz CT molecular complexity index is 1650. The monoisotopic (exact) mass is 618 g/mol. The molecule has 6 atom stereocenters. The summed E-state index contributed by atoms with van der Waals surface area (Å²) in [5.74, 6) is -0.481. The number of fused-ring (bicyclic) bond motifs is 2. The molecule has 1 unspecified atom stereocenters. The highest BCUT2D eigenvalue weighted by Crippen LogP contribution is 2.48. The SMILES string of the molecule is CCOC(=O)[C@H](C)NP(=O)(OC[C@H]1O[C@@H](n2cnc3c(OCC)nc(N)nc32)[C@H](F)[C@@H]1O)Oc1cccc2ccccc12. The van der Waals surface area contributed by atoms with Gasteiger partial charge in [0.2, 0.25) is 11.8 Å². The number of nitrogens with two attached hydrogens (primary N) is 1. The number of ether oxygens (including phenoxy) is 3. The second-order valence-electron chi connectivity index (χ2n) is 9.61. The van der Waals surface area contributed by atoms with Crippen molar-refractivity contribution in [3.63, 3.8) is 0 Å². The van der Waals surface area contributed by atoms with E-state index in [1.54, 1.807) is 38.1 Å². The summed E-state index contributed by atoms with van der Waals surface area (Å²) in [7, 11) is -4.35. The number of esters is 1. The van der Waals surface area contributed by atoms with Crippen molar-refractivity contribution in [1.82, 2.24) is 24.6 Å². The van der Waals surface area contributed by atoms with Gasteiger partial charge in [-0.05, 0) is 32.2 Å². The number of carbonyl (C=O) groups is 1. The minimum atomic E-state index is -4.35. The molecule has 16 heteroatoms. The van der Waals surface area contributed by atoms with E-state index in [1.807, 2.05) is 18.2 Å². The van der Waals surface area contributed by atoms with E-state index in [0.717, 1.165) is 5.39 Å². The molecule has 1 aliphatic rings. The first-order valence-electron chi connectivity index (χ1n) is 13.6. The topological polar surface area (TPSA) is 182 Å². The number of anilines is 1. The number of imidazole rings is 1. The standard InChI is InChI=1S/C27H32FN6O8P/c1-4-38-24-21-23(31-27(29)32-24)34(14-30-21)25-20(28)22(35)19(41-25)13-40-43(37,33-15(3)26(36)39-5-2)42-18-12-8-10-16-9-6-7-11-17(16)18/h6-12,14-15,19-20,22,25,35H,4-5,13H2,1-3H3,(H,33,37)(H2,29,31,32)/t15-,19+,20+,22+,25+,43?/m0/s1. The third kappa shape index (κ3) is 6.40. The van der Waals surface area contributed by atoms with Crippen LogP contribution in [-0.4, -0.2) is 74.8 Å². The lowest BCUT2D eigenvalue weighted by atomic mass is 10.1. The van der Waals surface area contributed by atoms with Crippen LogP contribution in [-0.2, 0) is 23.4 Å². The van der Waals surface area contributed by atoms with Gasteiger partial charge in [0.25, 0.3) is 0 Å². The second-order valence-corrected chi connectivity index (χ2v) is 11.3. The number of aliphatic hydroxyl groups is 1. The van der Waals surface area contributed by atoms with Crippen molar-refractivity contribution < 1.29 is 42.1 Å². The number of nitrogen functional groups attached to an aromatic ring is 1. The average Bonchev–Trinajstić information content (AvgIpc) is 3.52. The highest BCUT2D eigenvalue weighted by Gasteiger charge is 2.47. The Kier molecular flexibility index (Phi) is 9.08. The number of carbonyl (C=O) groups excluding carboxylic acids is 1. The zero-order valence-electron chi connectivity index (χ0n) is 23.6. The number of aliphatic hydroxyl groups excluding tert-OH is 1. The lowest BCUT2D eigenvalue weighted by molar-refractivity contribution is -0.144. The summed E-state index contributed by atoms with van der Waals surface area (Å²) in [6.07, 6.45) is -5.07. The molecule has 1 fully saturated rings. The molecule has 0 amide bonds. The van der Waals surface area contributed by atoms with Crippen LogP contribution in [0.25, 0.3) is 21.9 Å². The Labute approximate surface area is 245 Å². The maximum absolute atomic E-state index is 15.5. The lowest BCUT2D eigenvalue weighted by Gasteiger charge is -2.25. The Balaban J connectivity index is 1.38. The molecule has 2 aromatic heterocycles. The quantitative estimate of drug-likeness (QED) is 0.155. The van der Waals surface area contributed by atoms with Gasteiger partial charge in [-0.2, -0.15) is 15.1 Å². The van der Waals surface area contributed by atoms with Crippen molar-refractivity contribution in [1.29, 1.82) is 0 Å². The zero-order chi connectivity index (χ0) is 30.7. The molecule has 2 aromatic carbocycles. The van der Waals surface area contributed by atoms with Crippen LogP contribution in [0.1, 0.15) is 27.0 Å². The zero-order valence-corrected chi connectivity index (χ0v) is 24.5. The number of benzene rings is 2. The molecule has 43 heavy (non-hydrogen) atoms. The Morgan fingerprint density at radius 1 is 1.21 bits per heavy atom. The highest BCUT2D eigenvalue weighted by atomic mass is 31.2. The number of nitrogens with one attached hydrogen (secondary N) is 1. The van der Waals surface area contributed by atoms with Gasteiger partial charge in [0, 0.05) is 5.39 Å². The fraction of sp³-hybridized carbons (Fsp3) is 0.407. The van der Waals surface area contributed by atoms with E-state index in [-0.39, 0.29) is 42.0 Å². The first-order valence-corrected chi connectivity index (χ1v) is 15.1. The lowest BCUT2D eigenvalue weighted by Crippen LogP contribution is -2.37. The summed E-state index contributed by atoms with van der Waals surface area (Å²) in [5, 5.41) is 14.8. The summed E-state index contributed by atoms with van der Waals surface area (Å²) in [6, 6.07) is 11.3. The molecule has 4 aromatic rings. The van der Waals surface area contributed by atoms with E-state index in [0.29, 0.717) is 5.39 Å². The van der Waals surface area contributed by atoms with Gasteiger partial charge in [0.15, 0.2) is 23.6 Å². The van der Waals surface area contributed by atoms with Crippen LogP contribution in [0.15, 0.2) is 48.8 Å². The number of nitrogens with zero attached hydrogens (tertiary/aromatic N) is 4. The third-order valence-corrected chi connectivity index (χ3v) is 8.25. The van der Waals surface area contributed by atoms with E-state index in [4.69, 9.17) is 29.0 Å². The molecule has 5 rings (SSSR count). The van der Waals surface area contributed by atoms with Crippen LogP contribution < -0.4 is 20.1 Å². The van der Waals surface area contributed by atoms with Crippen molar-refractivity contribution in [3.8, 4) is 11.6 Å². The maximum Gasteiger partial charge on any atom is 0.459 e. The smallest absolute Gasteiger partial charge is 0.459 e. The third-order valence-electron chi connectivity index (χ3n) is 6.62. The number of aromatic nitrogens is 4. The van der Waals surface area contributed by atoms with Crippen LogP contribution >= 0.6 is 7.75 Å². The van der Waals surface area contributed by atoms with Gasteiger partial charge >= 0.3 is 13.7 Å². The minimum absolute atomic E-state index is 0.104. The van der Waals surface area contributed by atoms with Crippen molar-refractivity contribution in [2.24, 2.45) is 0 Å². The Morgan fingerprint density at radius 3 is 2.74 bits per heavy atom. The first-order chi connectivity index (χ1) is 20.6. The molecule has 0 aliphatic carbocycles. The van der Waals surface area contributed by atoms with E-state index in [2.05, 4.69) is 20.0 Å². The number of hydrogen-bond donors (Lipinski definition) is 3. The van der Waals surface area contributed by atoms with E-state index in [1.165, 1.54) is 17.8 Å². The summed E-state index contributed by atoms with van der Waals surface area (Å²) in [6.45, 7) is 4.64. The van der Waals surface area contributed by atoms with E-state index >= 15 is 4.39 Å². The molecule has 3 heterocycles. The number of alkyl halides is 1. The number of rotatable bonds is 12. The minimum Gasteiger partial charge on any atom is -0.476 e. The van der Waals surface area contributed by atoms with Crippen LogP contribution in [0.5, 0.6) is 11.6 Å². The highest BCUT2D eigenvalue weighted by molar-refractivity contribution is 7.52. The van der Waals surface area contributed by atoms with Gasteiger partial charge in [-0.25, -0.2) is 13.9 Å². The fourth-order valence-corrected chi connectivity index (χ4v) is 6.14. The normalized spacial score (nSPS) is 22.3. The van der Waals surface area contributed by atoms with Crippen LogP contribution in [0, 0.1) is 0 Å². The predicted octanol–water partition coefficient (Wildman–Crippen LogP) is 3.30. The Morgan fingerprint density at radius 2 is 1.98 bits per heavy atom. The van der Waals surface area contributed by atoms with Gasteiger partial charge in [-0.1, -0.05) is 36.4 Å². The van der Waals surface area contributed by atoms with Crippen molar-refractivity contribution in [3.05, 3.63) is 48.8 Å². The molecule has 1 aliphatic heterocycles. The molecule has 1 saturated heterocycles. The number of hydrogen-bond acceptors (Lipinski definition) is 12. The number of halogens is 1. The fourth-order valence-electron chi connectivity index (χ4n) is 4.62. The molecule has 230 valence electrons. The second kappa shape index (κ2) is 12.8. The molecule has 4 N–H and O–H groups in total. The Hall–Kier alpha value is -3.88. The predicted molar refractivity (Wildman–Crippen MR) is 153 cm³/mol. The molecular formula is C27H32FN6O8P.